The Morgan fingerprint density at radius 1 is 0.971 bits per heavy atom. The molecule has 4 fully saturated rings. The van der Waals surface area contributed by atoms with E-state index < -0.39 is 24.7 Å². The molecular weight excluding hydrogens is 474 g/mol. The molecule has 0 bridgehead atoms. The van der Waals surface area contributed by atoms with Crippen LogP contribution in [0, 0.1) is 23.7 Å². The molecule has 0 spiro atoms. The van der Waals surface area contributed by atoms with Gasteiger partial charge in [0.1, 0.15) is 6.17 Å². The van der Waals surface area contributed by atoms with E-state index in [0.29, 0.717) is 32.6 Å². The molecule has 0 radical (unpaired) electrons. The van der Waals surface area contributed by atoms with Crippen molar-refractivity contribution in [2.45, 2.75) is 69.2 Å². The monoisotopic (exact) mass is 505 g/mol. The second kappa shape index (κ2) is 9.70. The van der Waals surface area contributed by atoms with Crippen molar-refractivity contribution in [3.8, 4) is 0 Å². The molecule has 2 saturated heterocycles. The van der Waals surface area contributed by atoms with E-state index in [1.165, 1.54) is 0 Å². The number of carbonyl (C=O) groups is 2. The zero-order chi connectivity index (χ0) is 24.7. The van der Waals surface area contributed by atoms with Crippen LogP contribution in [0.3, 0.4) is 0 Å². The fraction of sp³-hybridized carbons (Fsp3) is 0.909. The van der Waals surface area contributed by atoms with Gasteiger partial charge >= 0.3 is 12.5 Å². The van der Waals surface area contributed by atoms with Crippen LogP contribution < -0.4 is 5.43 Å². The van der Waals surface area contributed by atoms with Crippen molar-refractivity contribution in [3.05, 3.63) is 0 Å². The van der Waals surface area contributed by atoms with Gasteiger partial charge in [-0.1, -0.05) is 5.22 Å². The van der Waals surface area contributed by atoms with E-state index in [4.69, 9.17) is 4.74 Å². The van der Waals surface area contributed by atoms with Gasteiger partial charge in [0, 0.05) is 43.9 Å². The van der Waals surface area contributed by atoms with E-state index in [0.717, 1.165) is 19.3 Å². The molecule has 8 atom stereocenters. The lowest BCUT2D eigenvalue weighted by molar-refractivity contribution is -0.352. The van der Waals surface area contributed by atoms with E-state index in [-0.39, 0.29) is 61.1 Å². The Labute approximate surface area is 200 Å². The van der Waals surface area contributed by atoms with Crippen molar-refractivity contribution in [3.63, 3.8) is 0 Å². The maximum atomic E-state index is 13.8. The molecule has 2 saturated carbocycles. The van der Waals surface area contributed by atoms with Crippen molar-refractivity contribution in [1.29, 1.82) is 0 Å². The molecule has 13 heteroatoms. The van der Waals surface area contributed by atoms with Gasteiger partial charge in [-0.15, -0.1) is 13.2 Å². The summed E-state index contributed by atoms with van der Waals surface area (Å²) in [4.78, 5) is 29.2. The molecule has 0 aromatic rings. The number of fused-ring (bicyclic) bond motifs is 2. The Balaban J connectivity index is 1.05. The van der Waals surface area contributed by atoms with E-state index in [1.807, 2.05) is 4.90 Å². The van der Waals surface area contributed by atoms with E-state index >= 15 is 0 Å². The smallest absolute Gasteiger partial charge is 0.449 e. The third-order valence-electron chi connectivity index (χ3n) is 8.20. The number of hydrogen-bond acceptors (Lipinski definition) is 7. The molecule has 35 heavy (non-hydrogen) atoms. The summed E-state index contributed by atoms with van der Waals surface area (Å²) in [6.45, 7) is 2.13. The molecule has 8 unspecified atom stereocenters. The Kier molecular flexibility index (Phi) is 6.79. The average molecular weight is 506 g/mol. The number of hydrogen-bond donors (Lipinski definition) is 1. The molecule has 5 aliphatic rings. The largest absolute Gasteiger partial charge is 0.522 e. The Morgan fingerprint density at radius 3 is 2.40 bits per heavy atom. The molecule has 2 amide bonds. The maximum absolute atomic E-state index is 13.8. The quantitative estimate of drug-likeness (QED) is 0.593. The number of rotatable bonds is 4. The van der Waals surface area contributed by atoms with Crippen LogP contribution in [0.4, 0.5) is 22.4 Å². The second-order valence-corrected chi connectivity index (χ2v) is 10.6. The van der Waals surface area contributed by atoms with Crippen LogP contribution in [-0.4, -0.2) is 85.3 Å². The normalized spacial score (nSPS) is 38.7. The highest BCUT2D eigenvalue weighted by atomic mass is 19.4. The summed E-state index contributed by atoms with van der Waals surface area (Å²) in [5, 5.41) is 8.05. The average Bonchev–Trinajstić information content (AvgIpc) is 3.52. The standard InChI is InChI=1S/C22H31F4N5O4/c23-16-3-1-12(5-19(16)35-22(24,25)26)11-34-21(33)31-9-14-7-30(8-15(14)10-31)20(32)13-2-4-17-18(6-13)28-29-27-17/h12-19H,1-11H2,(H,27,28). The fourth-order valence-electron chi connectivity index (χ4n) is 6.32. The minimum absolute atomic E-state index is 0.0308. The van der Waals surface area contributed by atoms with Gasteiger partial charge in [-0.3, -0.25) is 15.0 Å². The topological polar surface area (TPSA) is 95.8 Å². The molecule has 2 aliphatic carbocycles. The minimum Gasteiger partial charge on any atom is -0.449 e. The Morgan fingerprint density at radius 2 is 1.69 bits per heavy atom. The lowest BCUT2D eigenvalue weighted by Gasteiger charge is -2.32. The molecule has 0 aromatic carbocycles. The van der Waals surface area contributed by atoms with E-state index in [9.17, 15) is 27.2 Å². The van der Waals surface area contributed by atoms with E-state index in [2.05, 4.69) is 20.5 Å². The first-order chi connectivity index (χ1) is 16.7. The van der Waals surface area contributed by atoms with Crippen LogP contribution in [0.25, 0.3) is 0 Å². The van der Waals surface area contributed by atoms with Crippen LogP contribution in [0.15, 0.2) is 10.3 Å². The zero-order valence-electron chi connectivity index (χ0n) is 19.3. The number of alkyl halides is 4. The highest BCUT2D eigenvalue weighted by Crippen LogP contribution is 2.36. The number of carbonyl (C=O) groups excluding carboxylic acids is 2. The van der Waals surface area contributed by atoms with Gasteiger partial charge in [0.2, 0.25) is 5.91 Å². The number of ether oxygens (including phenoxy) is 2. The molecule has 5 rings (SSSR count). The Bertz CT molecular complexity index is 831. The van der Waals surface area contributed by atoms with Crippen molar-refractivity contribution in [2.75, 3.05) is 32.8 Å². The van der Waals surface area contributed by atoms with Gasteiger partial charge in [0.25, 0.3) is 0 Å². The molecule has 1 N–H and O–H groups in total. The molecular formula is C22H31F4N5O4. The van der Waals surface area contributed by atoms with Gasteiger partial charge in [-0.05, 0) is 44.4 Å². The Hall–Kier alpha value is -2.18. The first kappa shape index (κ1) is 24.5. The summed E-state index contributed by atoms with van der Waals surface area (Å²) in [5.41, 5.74) is 3.00. The lowest BCUT2D eigenvalue weighted by Crippen LogP contribution is -2.44. The summed E-state index contributed by atoms with van der Waals surface area (Å²) < 4.78 is 60.6. The highest BCUT2D eigenvalue weighted by Gasteiger charge is 2.46. The maximum Gasteiger partial charge on any atom is 0.522 e. The minimum atomic E-state index is -4.89. The van der Waals surface area contributed by atoms with Gasteiger partial charge in [0.05, 0.1) is 24.8 Å². The first-order valence-corrected chi connectivity index (χ1v) is 12.4. The molecule has 9 nitrogen and oxygen atoms in total. The van der Waals surface area contributed by atoms with Crippen LogP contribution in [0.2, 0.25) is 0 Å². The summed E-state index contributed by atoms with van der Waals surface area (Å²) >= 11 is 0. The molecule has 196 valence electrons. The number of nitrogens with zero attached hydrogens (tertiary/aromatic N) is 4. The van der Waals surface area contributed by atoms with Crippen molar-refractivity contribution < 1.29 is 36.6 Å². The molecule has 0 aromatic heterocycles. The third kappa shape index (κ3) is 5.49. The predicted octanol–water partition coefficient (Wildman–Crippen LogP) is 3.06. The summed E-state index contributed by atoms with van der Waals surface area (Å²) in [7, 11) is 0. The van der Waals surface area contributed by atoms with E-state index in [1.54, 1.807) is 4.90 Å². The van der Waals surface area contributed by atoms with Crippen LogP contribution >= 0.6 is 0 Å². The first-order valence-electron chi connectivity index (χ1n) is 12.4. The number of nitrogens with one attached hydrogen (secondary N) is 1. The molecule has 3 heterocycles. The predicted molar refractivity (Wildman–Crippen MR) is 113 cm³/mol. The zero-order valence-corrected chi connectivity index (χ0v) is 19.3. The fourth-order valence-corrected chi connectivity index (χ4v) is 6.32. The number of amides is 2. The highest BCUT2D eigenvalue weighted by molar-refractivity contribution is 5.79. The number of halogens is 4. The van der Waals surface area contributed by atoms with Crippen molar-refractivity contribution in [1.82, 2.24) is 15.2 Å². The van der Waals surface area contributed by atoms with Crippen LogP contribution in [0.1, 0.15) is 38.5 Å². The van der Waals surface area contributed by atoms with Gasteiger partial charge in [-0.25, -0.2) is 9.18 Å². The van der Waals surface area contributed by atoms with Gasteiger partial charge < -0.3 is 14.5 Å². The number of likely N-dealkylation sites (tertiary alicyclic amines) is 2. The lowest BCUT2D eigenvalue weighted by atomic mass is 9.82. The molecule has 3 aliphatic heterocycles. The van der Waals surface area contributed by atoms with Crippen molar-refractivity contribution in [2.24, 2.45) is 34.0 Å². The third-order valence-corrected chi connectivity index (χ3v) is 8.20. The SMILES string of the molecule is O=C(OCC1CCC(F)C(OC(F)(F)F)C1)N1CC2CN(C(=O)C3CCC4N=NNC4C3)CC2C1. The summed E-state index contributed by atoms with van der Waals surface area (Å²) in [5.74, 6) is 0.128. The summed E-state index contributed by atoms with van der Waals surface area (Å²) in [6.07, 6.45) is -6.10. The van der Waals surface area contributed by atoms with Crippen LogP contribution in [0.5, 0.6) is 0 Å². The van der Waals surface area contributed by atoms with Gasteiger partial charge in [-0.2, -0.15) is 5.11 Å². The second-order valence-electron chi connectivity index (χ2n) is 10.6. The van der Waals surface area contributed by atoms with Crippen molar-refractivity contribution >= 4 is 12.0 Å². The van der Waals surface area contributed by atoms with Gasteiger partial charge in [0.15, 0.2) is 0 Å². The van der Waals surface area contributed by atoms with Crippen LogP contribution in [-0.2, 0) is 14.3 Å². The summed E-state index contributed by atoms with van der Waals surface area (Å²) in [6, 6.07) is 0.312.